The first-order valence-corrected chi connectivity index (χ1v) is 12.1. The molecule has 0 radical (unpaired) electrons. The molecule has 0 aliphatic carbocycles. The summed E-state index contributed by atoms with van der Waals surface area (Å²) in [6.45, 7) is 0.106. The van der Waals surface area contributed by atoms with Crippen molar-refractivity contribution in [3.05, 3.63) is 102 Å². The summed E-state index contributed by atoms with van der Waals surface area (Å²) < 4.78 is 6.32. The number of non-ortho nitro benzene ring substituents is 1. The number of halogens is 3. The van der Waals surface area contributed by atoms with Crippen LogP contribution in [0.25, 0.3) is 6.08 Å². The molecule has 0 bridgehead atoms. The van der Waals surface area contributed by atoms with Gasteiger partial charge in [-0.3, -0.25) is 29.9 Å². The number of nitro groups is 1. The number of ether oxygens (including phenoxy) is 1. The minimum absolute atomic E-state index is 0.0276. The van der Waals surface area contributed by atoms with Crippen LogP contribution >= 0.6 is 51.3 Å². The van der Waals surface area contributed by atoms with Gasteiger partial charge in [-0.1, -0.05) is 47.5 Å². The first-order chi connectivity index (χ1) is 17.2. The molecule has 0 unspecified atom stereocenters. The molecule has 0 atom stereocenters. The maximum Gasteiger partial charge on any atom is 0.270 e. The van der Waals surface area contributed by atoms with E-state index in [0.717, 1.165) is 4.90 Å². The largest absolute Gasteiger partial charge is 0.488 e. The zero-order chi connectivity index (χ0) is 26.0. The SMILES string of the molecule is O=C1NC(=S)N(c2cccc(Cl)c2Cl)C(=O)/C1=C/c1ccc(OCc2cccc([N+](=O)[O-])c2)c(Br)c1. The summed E-state index contributed by atoms with van der Waals surface area (Å²) >= 11 is 21.0. The molecule has 0 aromatic heterocycles. The predicted molar refractivity (Wildman–Crippen MR) is 144 cm³/mol. The van der Waals surface area contributed by atoms with Crippen molar-refractivity contribution in [1.82, 2.24) is 5.32 Å². The van der Waals surface area contributed by atoms with E-state index in [1.54, 1.807) is 48.5 Å². The molecule has 3 aromatic carbocycles. The quantitative estimate of drug-likeness (QED) is 0.120. The van der Waals surface area contributed by atoms with Crippen molar-refractivity contribution >= 4 is 85.7 Å². The first kappa shape index (κ1) is 25.8. The second kappa shape index (κ2) is 10.8. The molecule has 3 aromatic rings. The molecule has 1 heterocycles. The number of rotatable bonds is 6. The number of anilines is 1. The highest BCUT2D eigenvalue weighted by Gasteiger charge is 2.35. The lowest BCUT2D eigenvalue weighted by Crippen LogP contribution is -2.54. The third-order valence-electron chi connectivity index (χ3n) is 5.06. The summed E-state index contributed by atoms with van der Waals surface area (Å²) in [6, 6.07) is 15.9. The Morgan fingerprint density at radius 2 is 1.86 bits per heavy atom. The van der Waals surface area contributed by atoms with Gasteiger partial charge in [0.1, 0.15) is 17.9 Å². The fraction of sp³-hybridized carbons (Fsp3) is 0.0417. The molecule has 4 rings (SSSR count). The maximum atomic E-state index is 13.2. The van der Waals surface area contributed by atoms with Crippen LogP contribution in [0.2, 0.25) is 10.0 Å². The van der Waals surface area contributed by atoms with Crippen molar-refractivity contribution in [2.24, 2.45) is 0 Å². The van der Waals surface area contributed by atoms with E-state index in [9.17, 15) is 19.7 Å². The van der Waals surface area contributed by atoms with Crippen molar-refractivity contribution in [3.8, 4) is 5.75 Å². The van der Waals surface area contributed by atoms with Crippen LogP contribution < -0.4 is 15.0 Å². The van der Waals surface area contributed by atoms with Crippen LogP contribution in [-0.2, 0) is 16.2 Å². The first-order valence-electron chi connectivity index (χ1n) is 10.2. The van der Waals surface area contributed by atoms with E-state index < -0.39 is 16.7 Å². The molecule has 1 fully saturated rings. The Morgan fingerprint density at radius 1 is 1.11 bits per heavy atom. The van der Waals surface area contributed by atoms with Crippen LogP contribution in [0.1, 0.15) is 11.1 Å². The smallest absolute Gasteiger partial charge is 0.270 e. The predicted octanol–water partition coefficient (Wildman–Crippen LogP) is 6.07. The Balaban J connectivity index is 1.57. The summed E-state index contributed by atoms with van der Waals surface area (Å²) in [7, 11) is 0. The van der Waals surface area contributed by atoms with E-state index >= 15 is 0 Å². The molecule has 36 heavy (non-hydrogen) atoms. The van der Waals surface area contributed by atoms with Gasteiger partial charge in [-0.05, 0) is 69.6 Å². The Hall–Kier alpha value is -3.31. The third-order valence-corrected chi connectivity index (χ3v) is 6.77. The second-order valence-electron chi connectivity index (χ2n) is 7.44. The summed E-state index contributed by atoms with van der Waals surface area (Å²) in [6.07, 6.45) is 1.42. The normalized spacial score (nSPS) is 14.7. The van der Waals surface area contributed by atoms with E-state index in [1.165, 1.54) is 18.2 Å². The number of hydrogen-bond donors (Lipinski definition) is 1. The van der Waals surface area contributed by atoms with E-state index in [1.807, 2.05) is 0 Å². The molecule has 8 nitrogen and oxygen atoms in total. The topological polar surface area (TPSA) is 102 Å². The Labute approximate surface area is 228 Å². The van der Waals surface area contributed by atoms with Gasteiger partial charge in [-0.2, -0.15) is 0 Å². The molecule has 1 saturated heterocycles. The lowest BCUT2D eigenvalue weighted by molar-refractivity contribution is -0.384. The summed E-state index contributed by atoms with van der Waals surface area (Å²) in [5.74, 6) is -0.840. The van der Waals surface area contributed by atoms with Gasteiger partial charge in [0, 0.05) is 12.1 Å². The molecule has 0 spiro atoms. The van der Waals surface area contributed by atoms with Crippen molar-refractivity contribution < 1.29 is 19.2 Å². The van der Waals surface area contributed by atoms with Crippen LogP contribution in [0.5, 0.6) is 5.75 Å². The van der Waals surface area contributed by atoms with Crippen molar-refractivity contribution in [2.45, 2.75) is 6.61 Å². The van der Waals surface area contributed by atoms with Crippen LogP contribution in [0.4, 0.5) is 11.4 Å². The summed E-state index contributed by atoms with van der Waals surface area (Å²) in [4.78, 5) is 37.4. The van der Waals surface area contributed by atoms with Gasteiger partial charge in [0.25, 0.3) is 17.5 Å². The number of amides is 2. The fourth-order valence-electron chi connectivity index (χ4n) is 3.35. The average Bonchev–Trinajstić information content (AvgIpc) is 2.84. The van der Waals surface area contributed by atoms with Gasteiger partial charge in [0.15, 0.2) is 5.11 Å². The molecular formula is C24H14BrCl2N3O5S. The van der Waals surface area contributed by atoms with Crippen molar-refractivity contribution in [3.63, 3.8) is 0 Å². The molecule has 2 amide bonds. The molecule has 0 saturated carbocycles. The lowest BCUT2D eigenvalue weighted by atomic mass is 10.1. The number of nitrogens with zero attached hydrogens (tertiary/aromatic N) is 2. The van der Waals surface area contributed by atoms with Gasteiger partial charge in [-0.15, -0.1) is 0 Å². The van der Waals surface area contributed by atoms with Crippen LogP contribution in [0.15, 0.2) is 70.7 Å². The molecule has 182 valence electrons. The van der Waals surface area contributed by atoms with Crippen LogP contribution in [-0.4, -0.2) is 21.9 Å². The molecular weight excluding hydrogens is 593 g/mol. The zero-order valence-corrected chi connectivity index (χ0v) is 22.0. The van der Waals surface area contributed by atoms with E-state index in [0.29, 0.717) is 21.3 Å². The van der Waals surface area contributed by atoms with Gasteiger partial charge in [0.05, 0.1) is 25.1 Å². The average molecular weight is 607 g/mol. The zero-order valence-electron chi connectivity index (χ0n) is 18.0. The highest BCUT2D eigenvalue weighted by molar-refractivity contribution is 9.10. The van der Waals surface area contributed by atoms with E-state index in [4.69, 9.17) is 40.2 Å². The Kier molecular flexibility index (Phi) is 7.70. The van der Waals surface area contributed by atoms with E-state index in [2.05, 4.69) is 21.2 Å². The standard InChI is InChI=1S/C24H14BrCl2N3O5S/c25-17-11-13(7-8-20(17)35-12-14-3-1-4-15(9-14)30(33)34)10-16-22(31)28-24(36)29(23(16)32)19-6-2-5-18(26)21(19)27/h1-11H,12H2,(H,28,31,36)/b16-10+. The Morgan fingerprint density at radius 3 is 2.58 bits per heavy atom. The number of carbonyl (C=O) groups is 2. The number of hydrogen-bond acceptors (Lipinski definition) is 6. The highest BCUT2D eigenvalue weighted by atomic mass is 79.9. The van der Waals surface area contributed by atoms with Crippen LogP contribution in [0, 0.1) is 10.1 Å². The summed E-state index contributed by atoms with van der Waals surface area (Å²) in [5, 5.41) is 13.7. The van der Waals surface area contributed by atoms with Crippen molar-refractivity contribution in [2.75, 3.05) is 4.90 Å². The third kappa shape index (κ3) is 5.41. The van der Waals surface area contributed by atoms with Gasteiger partial charge in [0.2, 0.25) is 0 Å². The maximum absolute atomic E-state index is 13.2. The fourth-order valence-corrected chi connectivity index (χ4v) is 4.52. The number of nitrogens with one attached hydrogen (secondary N) is 1. The van der Waals surface area contributed by atoms with Crippen molar-refractivity contribution in [1.29, 1.82) is 0 Å². The molecule has 12 heteroatoms. The molecule has 1 aliphatic heterocycles. The van der Waals surface area contributed by atoms with E-state index in [-0.39, 0.29) is 38.7 Å². The lowest BCUT2D eigenvalue weighted by Gasteiger charge is -2.29. The Bertz CT molecular complexity index is 1460. The number of carbonyl (C=O) groups excluding carboxylic acids is 2. The minimum atomic E-state index is -0.657. The minimum Gasteiger partial charge on any atom is -0.488 e. The molecule has 1 aliphatic rings. The monoisotopic (exact) mass is 605 g/mol. The second-order valence-corrected chi connectivity index (χ2v) is 9.46. The number of nitro benzene ring substituents is 1. The molecule has 1 N–H and O–H groups in total. The summed E-state index contributed by atoms with van der Waals surface area (Å²) in [5.41, 5.74) is 1.23. The van der Waals surface area contributed by atoms with Gasteiger partial charge >= 0.3 is 0 Å². The number of benzene rings is 3. The van der Waals surface area contributed by atoms with Crippen LogP contribution in [0.3, 0.4) is 0 Å². The number of thiocarbonyl (C=S) groups is 1. The van der Waals surface area contributed by atoms with Gasteiger partial charge < -0.3 is 4.74 Å². The van der Waals surface area contributed by atoms with Gasteiger partial charge in [-0.25, -0.2) is 0 Å². The highest BCUT2D eigenvalue weighted by Crippen LogP contribution is 2.35.